The second-order valence-corrected chi connectivity index (χ2v) is 5.65. The first-order valence-electron chi connectivity index (χ1n) is 7.11. The standard InChI is InChI=1S/C17H16ClFN2O3/c1-9-3-5-12(8-14(9)19)21-17(23)10(2)24-15-6-4-11(18)7-13(15)16(20)22/h3-8,10H,1-2H3,(H2,20,22)(H,21,23). The number of nitrogens with two attached hydrogens (primary N) is 1. The van der Waals surface area contributed by atoms with Gasteiger partial charge in [-0.05, 0) is 49.7 Å². The molecule has 7 heteroatoms. The molecular formula is C17H16ClFN2O3. The van der Waals surface area contributed by atoms with Gasteiger partial charge in [-0.3, -0.25) is 9.59 Å². The topological polar surface area (TPSA) is 81.4 Å². The summed E-state index contributed by atoms with van der Waals surface area (Å²) in [6.07, 6.45) is -0.936. The molecule has 2 aromatic carbocycles. The predicted octanol–water partition coefficient (Wildman–Crippen LogP) is 3.29. The van der Waals surface area contributed by atoms with Gasteiger partial charge < -0.3 is 15.8 Å². The van der Waals surface area contributed by atoms with E-state index in [0.29, 0.717) is 16.3 Å². The number of primary amides is 1. The van der Waals surface area contributed by atoms with Crippen LogP contribution in [0.5, 0.6) is 5.75 Å². The van der Waals surface area contributed by atoms with Gasteiger partial charge in [-0.25, -0.2) is 4.39 Å². The molecule has 0 aliphatic carbocycles. The van der Waals surface area contributed by atoms with E-state index < -0.39 is 23.7 Å². The highest BCUT2D eigenvalue weighted by atomic mass is 35.5. The number of hydrogen-bond donors (Lipinski definition) is 2. The van der Waals surface area contributed by atoms with Gasteiger partial charge in [-0.2, -0.15) is 0 Å². The number of rotatable bonds is 5. The predicted molar refractivity (Wildman–Crippen MR) is 89.8 cm³/mol. The molecule has 1 unspecified atom stereocenters. The molecule has 0 aliphatic heterocycles. The molecule has 0 spiro atoms. The van der Waals surface area contributed by atoms with E-state index in [9.17, 15) is 14.0 Å². The summed E-state index contributed by atoms with van der Waals surface area (Å²) in [7, 11) is 0. The van der Waals surface area contributed by atoms with Crippen LogP contribution in [0.2, 0.25) is 5.02 Å². The number of nitrogens with one attached hydrogen (secondary N) is 1. The molecule has 0 aliphatic rings. The smallest absolute Gasteiger partial charge is 0.265 e. The molecule has 2 rings (SSSR count). The monoisotopic (exact) mass is 350 g/mol. The Kier molecular flexibility index (Phi) is 5.41. The summed E-state index contributed by atoms with van der Waals surface area (Å²) in [5.74, 6) is -1.50. The van der Waals surface area contributed by atoms with Crippen molar-refractivity contribution in [1.82, 2.24) is 0 Å². The van der Waals surface area contributed by atoms with Crippen molar-refractivity contribution in [2.24, 2.45) is 5.73 Å². The van der Waals surface area contributed by atoms with Crippen molar-refractivity contribution in [2.45, 2.75) is 20.0 Å². The molecule has 0 bridgehead atoms. The van der Waals surface area contributed by atoms with Crippen molar-refractivity contribution in [1.29, 1.82) is 0 Å². The van der Waals surface area contributed by atoms with Crippen molar-refractivity contribution in [3.05, 3.63) is 58.4 Å². The lowest BCUT2D eigenvalue weighted by atomic mass is 10.2. The summed E-state index contributed by atoms with van der Waals surface area (Å²) in [4.78, 5) is 23.6. The minimum Gasteiger partial charge on any atom is -0.480 e. The van der Waals surface area contributed by atoms with E-state index in [1.807, 2.05) is 0 Å². The molecule has 2 amide bonds. The van der Waals surface area contributed by atoms with Gasteiger partial charge in [-0.15, -0.1) is 0 Å². The van der Waals surface area contributed by atoms with Crippen LogP contribution in [-0.2, 0) is 4.79 Å². The summed E-state index contributed by atoms with van der Waals surface area (Å²) in [6, 6.07) is 8.69. The van der Waals surface area contributed by atoms with Crippen LogP contribution >= 0.6 is 11.6 Å². The average molecular weight is 351 g/mol. The third kappa shape index (κ3) is 4.23. The zero-order valence-electron chi connectivity index (χ0n) is 13.1. The fourth-order valence-electron chi connectivity index (χ4n) is 1.96. The average Bonchev–Trinajstić information content (AvgIpc) is 2.52. The molecule has 2 aromatic rings. The Balaban J connectivity index is 2.11. The van der Waals surface area contributed by atoms with Crippen molar-refractivity contribution >= 4 is 29.1 Å². The lowest BCUT2D eigenvalue weighted by Gasteiger charge is -2.16. The van der Waals surface area contributed by atoms with Gasteiger partial charge in [0.1, 0.15) is 11.6 Å². The molecule has 0 fully saturated rings. The molecule has 0 saturated heterocycles. The van der Waals surface area contributed by atoms with E-state index in [1.165, 1.54) is 31.2 Å². The van der Waals surface area contributed by atoms with Crippen LogP contribution in [0.25, 0.3) is 0 Å². The quantitative estimate of drug-likeness (QED) is 0.868. The zero-order valence-corrected chi connectivity index (χ0v) is 13.9. The minimum absolute atomic E-state index is 0.0727. The Morgan fingerprint density at radius 1 is 1.25 bits per heavy atom. The van der Waals surface area contributed by atoms with Crippen LogP contribution < -0.4 is 15.8 Å². The van der Waals surface area contributed by atoms with Crippen LogP contribution in [0.15, 0.2) is 36.4 Å². The Labute approximate surface area is 143 Å². The molecule has 5 nitrogen and oxygen atoms in total. The van der Waals surface area contributed by atoms with Crippen molar-refractivity contribution in [3.8, 4) is 5.75 Å². The van der Waals surface area contributed by atoms with Crippen LogP contribution in [0.1, 0.15) is 22.8 Å². The Bertz CT molecular complexity index is 795. The van der Waals surface area contributed by atoms with Crippen LogP contribution in [0.4, 0.5) is 10.1 Å². The first-order chi connectivity index (χ1) is 11.3. The molecular weight excluding hydrogens is 335 g/mol. The number of carbonyl (C=O) groups is 2. The molecule has 1 atom stereocenters. The highest BCUT2D eigenvalue weighted by Gasteiger charge is 2.19. The van der Waals surface area contributed by atoms with Gasteiger partial charge in [0.05, 0.1) is 5.56 Å². The van der Waals surface area contributed by atoms with Crippen molar-refractivity contribution in [2.75, 3.05) is 5.32 Å². The van der Waals surface area contributed by atoms with E-state index in [2.05, 4.69) is 5.32 Å². The Hall–Kier alpha value is -2.60. The second kappa shape index (κ2) is 7.31. The van der Waals surface area contributed by atoms with Gasteiger partial charge in [0.2, 0.25) is 0 Å². The number of anilines is 1. The fraction of sp³-hybridized carbons (Fsp3) is 0.176. The first kappa shape index (κ1) is 17.7. The molecule has 0 saturated carbocycles. The van der Waals surface area contributed by atoms with Crippen LogP contribution in [0, 0.1) is 12.7 Å². The summed E-state index contributed by atoms with van der Waals surface area (Å²) < 4.78 is 19.0. The number of benzene rings is 2. The van der Waals surface area contributed by atoms with Crippen molar-refractivity contribution in [3.63, 3.8) is 0 Å². The van der Waals surface area contributed by atoms with E-state index in [-0.39, 0.29) is 11.3 Å². The number of amides is 2. The van der Waals surface area contributed by atoms with E-state index in [0.717, 1.165) is 0 Å². The lowest BCUT2D eigenvalue weighted by Crippen LogP contribution is -2.31. The van der Waals surface area contributed by atoms with Crippen LogP contribution in [0.3, 0.4) is 0 Å². The van der Waals surface area contributed by atoms with Gasteiger partial charge in [0.25, 0.3) is 11.8 Å². The maximum atomic E-state index is 13.5. The molecule has 3 N–H and O–H groups in total. The van der Waals surface area contributed by atoms with E-state index >= 15 is 0 Å². The van der Waals surface area contributed by atoms with Gasteiger partial charge in [0.15, 0.2) is 6.10 Å². The van der Waals surface area contributed by atoms with Gasteiger partial charge in [-0.1, -0.05) is 17.7 Å². The van der Waals surface area contributed by atoms with Gasteiger partial charge >= 0.3 is 0 Å². The molecule has 0 aromatic heterocycles. The molecule has 126 valence electrons. The highest BCUT2D eigenvalue weighted by molar-refractivity contribution is 6.31. The summed E-state index contributed by atoms with van der Waals surface area (Å²) in [6.45, 7) is 3.12. The zero-order chi connectivity index (χ0) is 17.9. The molecule has 0 heterocycles. The maximum Gasteiger partial charge on any atom is 0.265 e. The third-order valence-corrected chi connectivity index (χ3v) is 3.55. The lowest BCUT2D eigenvalue weighted by molar-refractivity contribution is -0.122. The number of carbonyl (C=O) groups excluding carboxylic acids is 2. The molecule has 0 radical (unpaired) electrons. The minimum atomic E-state index is -0.936. The number of halogens is 2. The maximum absolute atomic E-state index is 13.5. The molecule has 24 heavy (non-hydrogen) atoms. The summed E-state index contributed by atoms with van der Waals surface area (Å²) in [5.41, 5.74) is 6.13. The number of hydrogen-bond acceptors (Lipinski definition) is 3. The van der Waals surface area contributed by atoms with Crippen LogP contribution in [-0.4, -0.2) is 17.9 Å². The number of ether oxygens (including phenoxy) is 1. The SMILES string of the molecule is Cc1ccc(NC(=O)C(C)Oc2ccc(Cl)cc2C(N)=O)cc1F. The normalized spacial score (nSPS) is 11.7. The first-order valence-corrected chi connectivity index (χ1v) is 7.48. The largest absolute Gasteiger partial charge is 0.480 e. The number of aryl methyl sites for hydroxylation is 1. The second-order valence-electron chi connectivity index (χ2n) is 5.22. The van der Waals surface area contributed by atoms with E-state index in [1.54, 1.807) is 19.1 Å². The summed E-state index contributed by atoms with van der Waals surface area (Å²) >= 11 is 5.82. The highest BCUT2D eigenvalue weighted by Crippen LogP contribution is 2.24. The third-order valence-electron chi connectivity index (χ3n) is 3.32. The Morgan fingerprint density at radius 3 is 2.58 bits per heavy atom. The fourth-order valence-corrected chi connectivity index (χ4v) is 2.13. The van der Waals surface area contributed by atoms with E-state index in [4.69, 9.17) is 22.1 Å². The van der Waals surface area contributed by atoms with Gasteiger partial charge in [0, 0.05) is 10.7 Å². The van der Waals surface area contributed by atoms with Crippen molar-refractivity contribution < 1.29 is 18.7 Å². The Morgan fingerprint density at radius 2 is 1.96 bits per heavy atom. The summed E-state index contributed by atoms with van der Waals surface area (Å²) in [5, 5.41) is 2.87.